The number of amidine groups is 1. The molecule has 1 aliphatic carbocycles. The number of aliphatic hydroxyl groups is 1. The molecule has 1 aliphatic heterocycles. The largest absolute Gasteiger partial charge is 0.480 e. The maximum absolute atomic E-state index is 11.9. The van der Waals surface area contributed by atoms with Gasteiger partial charge < -0.3 is 30.3 Å². The number of aromatic nitrogens is 2. The molecule has 278 valence electrons. The molecule has 2 aliphatic rings. The summed E-state index contributed by atoms with van der Waals surface area (Å²) in [5, 5.41) is 29.7. The number of carboxylic acids is 1. The van der Waals surface area contributed by atoms with Crippen LogP contribution < -0.4 is 25.4 Å². The number of carboxylic acid groups (broad SMARTS) is 1. The SMILES string of the molecule is CNc1cncc(COc2nc(O[C@H]3CCc4c(-c5cccc(-c6ccc(C7=NCCN7)cc6)c5Cl)cccc43)c(Cl)cc2CN[C@@](C)(CO)C(=O)O)c1. The average Bonchev–Trinajstić information content (AvgIpc) is 3.89. The van der Waals surface area contributed by atoms with Crippen LogP contribution in [0.25, 0.3) is 22.3 Å². The average molecular weight is 768 g/mol. The van der Waals surface area contributed by atoms with Gasteiger partial charge in [0.05, 0.1) is 23.9 Å². The number of carbonyl (C=O) groups is 1. The van der Waals surface area contributed by atoms with E-state index in [2.05, 4.69) is 62.3 Å². The van der Waals surface area contributed by atoms with Crippen molar-refractivity contribution in [2.24, 2.45) is 4.99 Å². The van der Waals surface area contributed by atoms with Crippen molar-refractivity contribution in [3.05, 3.63) is 123 Å². The fraction of sp³-hybridized carbons (Fsp3) is 0.268. The van der Waals surface area contributed by atoms with Crippen molar-refractivity contribution in [1.29, 1.82) is 0 Å². The van der Waals surface area contributed by atoms with Crippen LogP contribution in [0.1, 0.15) is 47.3 Å². The first-order valence-corrected chi connectivity index (χ1v) is 18.4. The van der Waals surface area contributed by atoms with Crippen LogP contribution in [-0.2, 0) is 24.4 Å². The summed E-state index contributed by atoms with van der Waals surface area (Å²) >= 11 is 14.0. The highest BCUT2D eigenvalue weighted by atomic mass is 35.5. The molecule has 0 saturated carbocycles. The van der Waals surface area contributed by atoms with E-state index in [1.165, 1.54) is 6.92 Å². The number of pyridine rings is 2. The number of hydrogen-bond acceptors (Lipinski definition) is 10. The Bertz CT molecular complexity index is 2220. The Balaban J connectivity index is 1.16. The molecule has 54 heavy (non-hydrogen) atoms. The van der Waals surface area contributed by atoms with E-state index >= 15 is 0 Å². The molecule has 11 nitrogen and oxygen atoms in total. The van der Waals surface area contributed by atoms with E-state index in [-0.39, 0.29) is 36.0 Å². The Morgan fingerprint density at radius 2 is 1.76 bits per heavy atom. The summed E-state index contributed by atoms with van der Waals surface area (Å²) < 4.78 is 12.7. The molecule has 0 spiro atoms. The van der Waals surface area contributed by atoms with Crippen LogP contribution in [0.5, 0.6) is 11.8 Å². The van der Waals surface area contributed by atoms with Crippen LogP contribution in [0.2, 0.25) is 10.0 Å². The topological polar surface area (TPSA) is 150 Å². The van der Waals surface area contributed by atoms with E-state index in [0.717, 1.165) is 75.5 Å². The van der Waals surface area contributed by atoms with Crippen molar-refractivity contribution in [3.8, 4) is 34.0 Å². The molecular weight excluding hydrogens is 727 g/mol. The zero-order valence-electron chi connectivity index (χ0n) is 29.8. The lowest BCUT2D eigenvalue weighted by molar-refractivity contribution is -0.145. The number of nitrogens with one attached hydrogen (secondary N) is 3. The molecule has 0 fully saturated rings. The van der Waals surface area contributed by atoms with Crippen molar-refractivity contribution in [2.45, 2.75) is 44.6 Å². The smallest absolute Gasteiger partial charge is 0.326 e. The Labute approximate surface area is 323 Å². The number of aliphatic hydroxyl groups excluding tert-OH is 1. The minimum atomic E-state index is -1.59. The van der Waals surface area contributed by atoms with E-state index in [1.54, 1.807) is 25.5 Å². The van der Waals surface area contributed by atoms with Crippen LogP contribution in [0.15, 0.2) is 90.2 Å². The summed E-state index contributed by atoms with van der Waals surface area (Å²) in [6.45, 7) is 2.55. The minimum absolute atomic E-state index is 0.00654. The highest BCUT2D eigenvalue weighted by Crippen LogP contribution is 2.44. The predicted molar refractivity (Wildman–Crippen MR) is 211 cm³/mol. The molecule has 5 aromatic rings. The first-order chi connectivity index (χ1) is 26.2. The number of rotatable bonds is 14. The number of nitrogens with zero attached hydrogens (tertiary/aromatic N) is 3. The summed E-state index contributed by atoms with van der Waals surface area (Å²) in [4.78, 5) is 25.4. The number of benzene rings is 3. The Morgan fingerprint density at radius 3 is 2.50 bits per heavy atom. The van der Waals surface area contributed by atoms with Crippen molar-refractivity contribution < 1.29 is 24.5 Å². The first kappa shape index (κ1) is 37.1. The normalized spacial score (nSPS) is 15.9. The number of aliphatic carboxylic acids is 1. The van der Waals surface area contributed by atoms with Crippen molar-refractivity contribution in [3.63, 3.8) is 0 Å². The van der Waals surface area contributed by atoms with Gasteiger partial charge in [-0.15, -0.1) is 0 Å². The predicted octanol–water partition coefficient (Wildman–Crippen LogP) is 7.08. The zero-order chi connectivity index (χ0) is 37.8. The third-order valence-electron chi connectivity index (χ3n) is 9.80. The van der Waals surface area contributed by atoms with Crippen molar-refractivity contribution in [2.75, 3.05) is 32.1 Å². The Morgan fingerprint density at radius 1 is 1.00 bits per heavy atom. The Kier molecular flexibility index (Phi) is 11.0. The van der Waals surface area contributed by atoms with Gasteiger partial charge in [0.25, 0.3) is 0 Å². The molecular formula is C41H40Cl2N6O5. The van der Waals surface area contributed by atoms with Crippen LogP contribution in [-0.4, -0.2) is 64.3 Å². The van der Waals surface area contributed by atoms with E-state index < -0.39 is 18.1 Å². The van der Waals surface area contributed by atoms with Crippen LogP contribution >= 0.6 is 23.2 Å². The summed E-state index contributed by atoms with van der Waals surface area (Å²) in [5.74, 6) is 0.112. The highest BCUT2D eigenvalue weighted by molar-refractivity contribution is 6.36. The van der Waals surface area contributed by atoms with Gasteiger partial charge in [0.1, 0.15) is 29.1 Å². The number of aliphatic imine (C=N–C) groups is 1. The lowest BCUT2D eigenvalue weighted by atomic mass is 9.93. The van der Waals surface area contributed by atoms with Crippen molar-refractivity contribution >= 4 is 40.7 Å². The van der Waals surface area contributed by atoms with Crippen LogP contribution in [0.4, 0.5) is 5.69 Å². The van der Waals surface area contributed by atoms with E-state index in [0.29, 0.717) is 17.0 Å². The molecule has 7 rings (SSSR count). The van der Waals surface area contributed by atoms with Gasteiger partial charge in [-0.2, -0.15) is 4.98 Å². The maximum atomic E-state index is 11.9. The fourth-order valence-electron chi connectivity index (χ4n) is 6.66. The zero-order valence-corrected chi connectivity index (χ0v) is 31.3. The molecule has 2 atom stereocenters. The van der Waals surface area contributed by atoms with Crippen molar-refractivity contribution in [1.82, 2.24) is 20.6 Å². The van der Waals surface area contributed by atoms with Crippen LogP contribution in [0, 0.1) is 0 Å². The van der Waals surface area contributed by atoms with E-state index in [9.17, 15) is 15.0 Å². The van der Waals surface area contributed by atoms with E-state index in [1.807, 2.05) is 30.3 Å². The summed E-state index contributed by atoms with van der Waals surface area (Å²) in [5.41, 5.74) is 7.67. The number of ether oxygens (including phenoxy) is 2. The highest BCUT2D eigenvalue weighted by Gasteiger charge is 2.33. The number of hydrogen-bond donors (Lipinski definition) is 5. The molecule has 0 radical (unpaired) electrons. The second-order valence-electron chi connectivity index (χ2n) is 13.4. The van der Waals surface area contributed by atoms with Gasteiger partial charge >= 0.3 is 5.97 Å². The lowest BCUT2D eigenvalue weighted by Gasteiger charge is -2.24. The van der Waals surface area contributed by atoms with E-state index in [4.69, 9.17) is 37.7 Å². The van der Waals surface area contributed by atoms with Gasteiger partial charge in [0.15, 0.2) is 0 Å². The Hall–Kier alpha value is -5.20. The maximum Gasteiger partial charge on any atom is 0.326 e. The molecule has 2 aromatic heterocycles. The summed E-state index contributed by atoms with van der Waals surface area (Å²) in [6.07, 6.45) is 4.49. The van der Waals surface area contributed by atoms with Gasteiger partial charge in [-0.05, 0) is 54.2 Å². The minimum Gasteiger partial charge on any atom is -0.480 e. The molecule has 3 aromatic carbocycles. The second kappa shape index (κ2) is 16.0. The first-order valence-electron chi connectivity index (χ1n) is 17.7. The third-order valence-corrected chi connectivity index (χ3v) is 10.5. The molecule has 13 heteroatoms. The van der Waals surface area contributed by atoms with Gasteiger partial charge in [0, 0.05) is 60.3 Å². The quantitative estimate of drug-likeness (QED) is 0.0794. The number of anilines is 1. The number of fused-ring (bicyclic) bond motifs is 1. The lowest BCUT2D eigenvalue weighted by Crippen LogP contribution is -2.52. The molecule has 3 heterocycles. The second-order valence-corrected chi connectivity index (χ2v) is 14.2. The van der Waals surface area contributed by atoms with Gasteiger partial charge in [-0.1, -0.05) is 83.9 Å². The standard InChI is InChI=1S/C41H40Cl2N6O5/c1-41(23-50,40(51)52)48-20-27-18-34(42)39(49-38(27)53-22-24-17-28(44-2)21-45-19-24)54-35-14-13-31-30(6-4-7-32(31)35)33-8-3-5-29(36(33)43)25-9-11-26(12-10-25)37-46-15-16-47-37/h3-12,17-19,21,35,44,48,50H,13-16,20,22-23H2,1-2H3,(H,46,47)(H,51,52)/t35-,41-/m0/s1. The van der Waals surface area contributed by atoms with Gasteiger partial charge in [-0.25, -0.2) is 0 Å². The van der Waals surface area contributed by atoms with Gasteiger partial charge in [-0.3, -0.25) is 20.1 Å². The molecule has 0 unspecified atom stereocenters. The molecule has 0 bridgehead atoms. The third kappa shape index (κ3) is 7.72. The molecule has 0 amide bonds. The summed E-state index contributed by atoms with van der Waals surface area (Å²) in [7, 11) is 1.80. The monoisotopic (exact) mass is 766 g/mol. The molecule has 0 saturated heterocycles. The fourth-order valence-corrected chi connectivity index (χ4v) is 7.22. The number of halogens is 2. The molecule has 5 N–H and O–H groups in total. The van der Waals surface area contributed by atoms with Gasteiger partial charge in [0.2, 0.25) is 11.8 Å². The van der Waals surface area contributed by atoms with Crippen LogP contribution in [0.3, 0.4) is 0 Å². The summed E-state index contributed by atoms with van der Waals surface area (Å²) in [6, 6.07) is 24.1.